The number of carbonyl (C=O) groups excluding carboxylic acids is 1. The summed E-state index contributed by atoms with van der Waals surface area (Å²) in [6.07, 6.45) is 1.09. The number of rotatable bonds is 9. The topological polar surface area (TPSA) is 48.5 Å². The summed E-state index contributed by atoms with van der Waals surface area (Å²) in [6, 6.07) is 16.6. The second-order valence-electron chi connectivity index (χ2n) is 9.15. The predicted octanol–water partition coefficient (Wildman–Crippen LogP) is 2.21. The highest BCUT2D eigenvalue weighted by molar-refractivity contribution is 5.78. The summed E-state index contributed by atoms with van der Waals surface area (Å²) in [5, 5.41) is 0. The van der Waals surface area contributed by atoms with Crippen molar-refractivity contribution in [3.8, 4) is 11.5 Å². The Morgan fingerprint density at radius 2 is 1.32 bits per heavy atom. The fraction of sp³-hybridized carbons (Fsp3) is 0.519. The number of carbonyl (C=O) groups is 1. The van der Waals surface area contributed by atoms with Gasteiger partial charge < -0.3 is 19.3 Å². The van der Waals surface area contributed by atoms with E-state index in [4.69, 9.17) is 9.47 Å². The summed E-state index contributed by atoms with van der Waals surface area (Å²) >= 11 is 0. The van der Waals surface area contributed by atoms with Crippen molar-refractivity contribution >= 4 is 5.91 Å². The van der Waals surface area contributed by atoms with Crippen LogP contribution in [-0.2, 0) is 17.8 Å². The largest absolute Gasteiger partial charge is 0.496 e. The van der Waals surface area contributed by atoms with E-state index in [0.717, 1.165) is 88.9 Å². The summed E-state index contributed by atoms with van der Waals surface area (Å²) < 4.78 is 11.1. The van der Waals surface area contributed by atoms with Crippen molar-refractivity contribution in [3.63, 3.8) is 0 Å². The van der Waals surface area contributed by atoms with Crippen molar-refractivity contribution in [2.45, 2.75) is 13.0 Å². The summed E-state index contributed by atoms with van der Waals surface area (Å²) in [6.45, 7) is 9.66. The average Bonchev–Trinajstić information content (AvgIpc) is 2.89. The van der Waals surface area contributed by atoms with Crippen LogP contribution in [0.25, 0.3) is 0 Å². The highest BCUT2D eigenvalue weighted by Gasteiger charge is 2.25. The van der Waals surface area contributed by atoms with Crippen molar-refractivity contribution in [1.82, 2.24) is 19.6 Å². The van der Waals surface area contributed by atoms with Gasteiger partial charge in [-0.1, -0.05) is 36.4 Å². The van der Waals surface area contributed by atoms with Gasteiger partial charge in [0, 0.05) is 65.4 Å². The second-order valence-corrected chi connectivity index (χ2v) is 9.15. The molecule has 0 atom stereocenters. The highest BCUT2D eigenvalue weighted by atomic mass is 16.5. The maximum absolute atomic E-state index is 12.9. The SMILES string of the molecule is COc1cccc(OC)c1CN1CCN(C(=O)CN2CCN(CCc3ccccc3)CC2)CC1. The number of piperazine rings is 2. The Balaban J connectivity index is 1.18. The first-order valence-corrected chi connectivity index (χ1v) is 12.3. The number of methoxy groups -OCH3 is 2. The van der Waals surface area contributed by atoms with Crippen LogP contribution in [0.1, 0.15) is 11.1 Å². The fourth-order valence-corrected chi connectivity index (χ4v) is 4.86. The zero-order chi connectivity index (χ0) is 23.8. The molecule has 0 aliphatic carbocycles. The van der Waals surface area contributed by atoms with Gasteiger partial charge in [0.25, 0.3) is 0 Å². The number of benzene rings is 2. The van der Waals surface area contributed by atoms with Crippen LogP contribution in [-0.4, -0.2) is 105 Å². The molecule has 2 aliphatic rings. The lowest BCUT2D eigenvalue weighted by atomic mass is 10.1. The van der Waals surface area contributed by atoms with E-state index in [-0.39, 0.29) is 5.91 Å². The number of ether oxygens (including phenoxy) is 2. The van der Waals surface area contributed by atoms with Crippen LogP contribution in [0.15, 0.2) is 48.5 Å². The van der Waals surface area contributed by atoms with Crippen LogP contribution < -0.4 is 9.47 Å². The third-order valence-corrected chi connectivity index (χ3v) is 7.02. The summed E-state index contributed by atoms with van der Waals surface area (Å²) in [5.41, 5.74) is 2.46. The van der Waals surface area contributed by atoms with E-state index in [1.807, 2.05) is 23.1 Å². The highest BCUT2D eigenvalue weighted by Crippen LogP contribution is 2.29. The minimum absolute atomic E-state index is 0.257. The van der Waals surface area contributed by atoms with Crippen molar-refractivity contribution in [1.29, 1.82) is 0 Å². The van der Waals surface area contributed by atoms with Gasteiger partial charge in [-0.25, -0.2) is 0 Å². The molecule has 2 saturated heterocycles. The normalized spacial score (nSPS) is 18.1. The van der Waals surface area contributed by atoms with Gasteiger partial charge in [-0.05, 0) is 24.1 Å². The van der Waals surface area contributed by atoms with Gasteiger partial charge in [0.05, 0.1) is 26.3 Å². The molecule has 2 fully saturated rings. The van der Waals surface area contributed by atoms with Gasteiger partial charge in [0.2, 0.25) is 5.91 Å². The molecule has 0 N–H and O–H groups in total. The Morgan fingerprint density at radius 3 is 1.94 bits per heavy atom. The van der Waals surface area contributed by atoms with Crippen molar-refractivity contribution in [2.75, 3.05) is 79.7 Å². The van der Waals surface area contributed by atoms with Crippen LogP contribution >= 0.6 is 0 Å². The van der Waals surface area contributed by atoms with Gasteiger partial charge in [-0.3, -0.25) is 14.6 Å². The van der Waals surface area contributed by atoms with Crippen LogP contribution in [0.2, 0.25) is 0 Å². The first kappa shape index (κ1) is 24.5. The molecule has 0 unspecified atom stereocenters. The molecule has 7 nitrogen and oxygen atoms in total. The molecule has 0 aromatic heterocycles. The van der Waals surface area contributed by atoms with Crippen LogP contribution in [0.5, 0.6) is 11.5 Å². The monoisotopic (exact) mass is 466 g/mol. The molecule has 2 aromatic rings. The molecule has 34 heavy (non-hydrogen) atoms. The molecule has 1 amide bonds. The molecule has 2 heterocycles. The van der Waals surface area contributed by atoms with E-state index in [0.29, 0.717) is 6.54 Å². The first-order valence-electron chi connectivity index (χ1n) is 12.3. The number of amides is 1. The predicted molar refractivity (Wildman–Crippen MR) is 134 cm³/mol. The molecule has 0 spiro atoms. The Hall–Kier alpha value is -2.61. The van der Waals surface area contributed by atoms with E-state index in [9.17, 15) is 4.79 Å². The second kappa shape index (κ2) is 12.2. The lowest BCUT2D eigenvalue weighted by molar-refractivity contribution is -0.134. The summed E-state index contributed by atoms with van der Waals surface area (Å²) in [4.78, 5) is 22.2. The first-order chi connectivity index (χ1) is 16.7. The lowest BCUT2D eigenvalue weighted by Gasteiger charge is -2.38. The van der Waals surface area contributed by atoms with Gasteiger partial charge in [-0.2, -0.15) is 0 Å². The number of hydrogen-bond acceptors (Lipinski definition) is 6. The Kier molecular flexibility index (Phi) is 8.79. The third-order valence-electron chi connectivity index (χ3n) is 7.02. The van der Waals surface area contributed by atoms with E-state index in [1.54, 1.807) is 14.2 Å². The zero-order valence-corrected chi connectivity index (χ0v) is 20.6. The molecule has 184 valence electrons. The zero-order valence-electron chi connectivity index (χ0n) is 20.6. The Bertz CT molecular complexity index is 885. The van der Waals surface area contributed by atoms with E-state index >= 15 is 0 Å². The van der Waals surface area contributed by atoms with Gasteiger partial charge in [0.1, 0.15) is 11.5 Å². The molecule has 4 rings (SSSR count). The minimum Gasteiger partial charge on any atom is -0.496 e. The molecule has 0 saturated carbocycles. The van der Waals surface area contributed by atoms with Gasteiger partial charge >= 0.3 is 0 Å². The Morgan fingerprint density at radius 1 is 0.735 bits per heavy atom. The quantitative estimate of drug-likeness (QED) is 0.565. The molecular formula is C27H38N4O3. The number of hydrogen-bond donors (Lipinski definition) is 0. The van der Waals surface area contributed by atoms with E-state index < -0.39 is 0 Å². The average molecular weight is 467 g/mol. The molecular weight excluding hydrogens is 428 g/mol. The summed E-state index contributed by atoms with van der Waals surface area (Å²) in [5.74, 6) is 1.95. The summed E-state index contributed by atoms with van der Waals surface area (Å²) in [7, 11) is 3.38. The van der Waals surface area contributed by atoms with Crippen molar-refractivity contribution in [3.05, 3.63) is 59.7 Å². The van der Waals surface area contributed by atoms with Crippen molar-refractivity contribution < 1.29 is 14.3 Å². The maximum Gasteiger partial charge on any atom is 0.236 e. The standard InChI is InChI=1S/C27H38N4O3/c1-33-25-9-6-10-26(34-2)24(25)21-29-17-19-31(20-18-29)27(32)22-30-15-13-28(14-16-30)12-11-23-7-4-3-5-8-23/h3-10H,11-22H2,1-2H3. The van der Waals surface area contributed by atoms with Crippen LogP contribution in [0.3, 0.4) is 0 Å². The fourth-order valence-electron chi connectivity index (χ4n) is 4.86. The van der Waals surface area contributed by atoms with E-state index in [1.165, 1.54) is 5.56 Å². The lowest BCUT2D eigenvalue weighted by Crippen LogP contribution is -2.53. The van der Waals surface area contributed by atoms with Crippen molar-refractivity contribution in [2.24, 2.45) is 0 Å². The van der Waals surface area contributed by atoms with Crippen LogP contribution in [0.4, 0.5) is 0 Å². The van der Waals surface area contributed by atoms with E-state index in [2.05, 4.69) is 45.0 Å². The van der Waals surface area contributed by atoms with Crippen LogP contribution in [0, 0.1) is 0 Å². The van der Waals surface area contributed by atoms with Gasteiger partial charge in [-0.15, -0.1) is 0 Å². The smallest absolute Gasteiger partial charge is 0.236 e. The number of nitrogens with zero attached hydrogens (tertiary/aromatic N) is 4. The Labute approximate surface area is 203 Å². The molecule has 7 heteroatoms. The maximum atomic E-state index is 12.9. The molecule has 2 aromatic carbocycles. The molecule has 0 radical (unpaired) electrons. The van der Waals surface area contributed by atoms with Gasteiger partial charge in [0.15, 0.2) is 0 Å². The third kappa shape index (κ3) is 6.50. The molecule has 0 bridgehead atoms. The molecule has 2 aliphatic heterocycles. The minimum atomic E-state index is 0.257.